The van der Waals surface area contributed by atoms with E-state index in [4.69, 9.17) is 5.73 Å². The van der Waals surface area contributed by atoms with Gasteiger partial charge in [-0.05, 0) is 59.9 Å². The van der Waals surface area contributed by atoms with Crippen LogP contribution in [0.3, 0.4) is 0 Å². The molecule has 1 aliphatic carbocycles. The van der Waals surface area contributed by atoms with E-state index >= 15 is 0 Å². The number of hydrogen-bond donors (Lipinski definition) is 2. The van der Waals surface area contributed by atoms with Crippen molar-refractivity contribution >= 4 is 17.1 Å². The normalized spacial score (nSPS) is 15.4. The Morgan fingerprint density at radius 1 is 1.21 bits per heavy atom. The van der Waals surface area contributed by atoms with Crippen LogP contribution < -0.4 is 11.1 Å². The molecule has 0 saturated heterocycles. The molecule has 1 atom stereocenters. The van der Waals surface area contributed by atoms with Gasteiger partial charge in [0.05, 0.1) is 11.9 Å². The largest absolute Gasteiger partial charge is 0.412 e. The molecule has 0 spiro atoms. The molecule has 0 amide bonds. The number of nitrogens with zero attached hydrogens (tertiary/aromatic N) is 1. The number of fused-ring (bicyclic) bond motifs is 1. The summed E-state index contributed by atoms with van der Waals surface area (Å²) in [5.74, 6) is -0.239. The first kappa shape index (κ1) is 16.3. The number of benzene rings is 1. The van der Waals surface area contributed by atoms with Crippen molar-refractivity contribution in [2.45, 2.75) is 25.6 Å². The van der Waals surface area contributed by atoms with Crippen LogP contribution in [0.15, 0.2) is 42.1 Å². The van der Waals surface area contributed by atoms with Crippen molar-refractivity contribution < 1.29 is 17.6 Å². The summed E-state index contributed by atoms with van der Waals surface area (Å²) in [5.41, 5.74) is 7.51. The van der Waals surface area contributed by atoms with Gasteiger partial charge in [0.25, 0.3) is 0 Å². The highest BCUT2D eigenvalue weighted by molar-refractivity contribution is 5.77. The summed E-state index contributed by atoms with van der Waals surface area (Å²) < 4.78 is 54.2. The number of anilines is 2. The number of alkyl halides is 3. The summed E-state index contributed by atoms with van der Waals surface area (Å²) in [6.07, 6.45) is -3.12. The van der Waals surface area contributed by atoms with E-state index in [1.54, 1.807) is 6.92 Å². The SMILES string of the molecule is CC1=C(C(Nc2ccc(N)nc2)C(F)(F)F)Cc2ccc(F)cc21. The Balaban J connectivity index is 1.97. The van der Waals surface area contributed by atoms with E-state index in [0.29, 0.717) is 16.7 Å². The van der Waals surface area contributed by atoms with Crippen LogP contribution >= 0.6 is 0 Å². The maximum absolute atomic E-state index is 13.6. The molecule has 7 heteroatoms. The second kappa shape index (κ2) is 5.81. The zero-order valence-corrected chi connectivity index (χ0v) is 12.8. The minimum atomic E-state index is -4.50. The number of hydrogen-bond acceptors (Lipinski definition) is 3. The Kier molecular flexibility index (Phi) is 3.95. The van der Waals surface area contributed by atoms with Gasteiger partial charge >= 0.3 is 6.18 Å². The number of nitrogen functional groups attached to an aromatic ring is 1. The molecule has 1 aliphatic rings. The van der Waals surface area contributed by atoms with Gasteiger partial charge in [-0.3, -0.25) is 0 Å². The third-order valence-electron chi connectivity index (χ3n) is 4.11. The third kappa shape index (κ3) is 3.06. The highest BCUT2D eigenvalue weighted by Crippen LogP contribution is 2.40. The summed E-state index contributed by atoms with van der Waals surface area (Å²) in [6.45, 7) is 1.59. The summed E-state index contributed by atoms with van der Waals surface area (Å²) in [7, 11) is 0. The van der Waals surface area contributed by atoms with E-state index in [-0.39, 0.29) is 23.5 Å². The number of halogens is 4. The molecule has 1 heterocycles. The number of rotatable bonds is 3. The first-order valence-electron chi connectivity index (χ1n) is 7.29. The molecular weight excluding hydrogens is 322 g/mol. The number of aromatic nitrogens is 1. The standard InChI is InChI=1S/C17H15F4N3/c1-9-13-7-11(18)3-2-10(13)6-14(9)16(17(19,20)21)24-12-4-5-15(22)23-8-12/h2-5,7-8,16,24H,6H2,1H3,(H2,22,23). The lowest BCUT2D eigenvalue weighted by Crippen LogP contribution is -2.38. The van der Waals surface area contributed by atoms with Crippen molar-refractivity contribution in [2.24, 2.45) is 0 Å². The van der Waals surface area contributed by atoms with Crippen LogP contribution in [0.4, 0.5) is 29.1 Å². The molecule has 1 unspecified atom stereocenters. The fourth-order valence-electron chi connectivity index (χ4n) is 2.91. The molecule has 1 aromatic heterocycles. The average Bonchev–Trinajstić information content (AvgIpc) is 2.82. The Bertz CT molecular complexity index is 794. The first-order chi connectivity index (χ1) is 11.3. The van der Waals surface area contributed by atoms with E-state index in [9.17, 15) is 17.6 Å². The molecular formula is C17H15F4N3. The minimum Gasteiger partial charge on any atom is -0.384 e. The molecule has 3 nitrogen and oxygen atoms in total. The lowest BCUT2D eigenvalue weighted by atomic mass is 10.0. The van der Waals surface area contributed by atoms with Gasteiger partial charge in [0.1, 0.15) is 17.7 Å². The van der Waals surface area contributed by atoms with E-state index < -0.39 is 18.0 Å². The molecule has 0 aliphatic heterocycles. The van der Waals surface area contributed by atoms with Crippen LogP contribution in [0, 0.1) is 5.82 Å². The smallest absolute Gasteiger partial charge is 0.384 e. The van der Waals surface area contributed by atoms with Gasteiger partial charge in [-0.25, -0.2) is 9.37 Å². The zero-order valence-electron chi connectivity index (χ0n) is 12.8. The maximum atomic E-state index is 13.6. The lowest BCUT2D eigenvalue weighted by molar-refractivity contribution is -0.134. The van der Waals surface area contributed by atoms with Crippen molar-refractivity contribution in [3.05, 3.63) is 59.0 Å². The molecule has 3 N–H and O–H groups in total. The van der Waals surface area contributed by atoms with Crippen molar-refractivity contribution in [1.29, 1.82) is 0 Å². The van der Waals surface area contributed by atoms with Crippen LogP contribution in [-0.4, -0.2) is 17.2 Å². The monoisotopic (exact) mass is 337 g/mol. The highest BCUT2D eigenvalue weighted by Gasteiger charge is 2.44. The van der Waals surface area contributed by atoms with E-state index in [0.717, 1.165) is 0 Å². The first-order valence-corrected chi connectivity index (χ1v) is 7.29. The number of nitrogens with two attached hydrogens (primary N) is 1. The quantitative estimate of drug-likeness (QED) is 0.826. The predicted octanol–water partition coefficient (Wildman–Crippen LogP) is 4.18. The van der Waals surface area contributed by atoms with Gasteiger partial charge in [0.15, 0.2) is 0 Å². The van der Waals surface area contributed by atoms with Crippen LogP contribution in [-0.2, 0) is 6.42 Å². The minimum absolute atomic E-state index is 0.126. The molecule has 0 radical (unpaired) electrons. The summed E-state index contributed by atoms with van der Waals surface area (Å²) in [6, 6.07) is 5.05. The second-order valence-corrected chi connectivity index (χ2v) is 5.72. The van der Waals surface area contributed by atoms with Gasteiger partial charge in [0.2, 0.25) is 0 Å². The highest BCUT2D eigenvalue weighted by atomic mass is 19.4. The lowest BCUT2D eigenvalue weighted by Gasteiger charge is -2.25. The van der Waals surface area contributed by atoms with E-state index in [1.807, 2.05) is 0 Å². The Morgan fingerprint density at radius 3 is 2.58 bits per heavy atom. The molecule has 0 fully saturated rings. The number of nitrogens with one attached hydrogen (secondary N) is 1. The van der Waals surface area contributed by atoms with Crippen molar-refractivity contribution in [3.8, 4) is 0 Å². The van der Waals surface area contributed by atoms with Gasteiger partial charge in [0, 0.05) is 0 Å². The van der Waals surface area contributed by atoms with E-state index in [1.165, 1.54) is 36.5 Å². The topological polar surface area (TPSA) is 50.9 Å². The Labute approximate surface area is 136 Å². The average molecular weight is 337 g/mol. The molecule has 1 aromatic carbocycles. The van der Waals surface area contributed by atoms with Crippen LogP contribution in [0.5, 0.6) is 0 Å². The maximum Gasteiger partial charge on any atom is 0.412 e. The van der Waals surface area contributed by atoms with Gasteiger partial charge < -0.3 is 11.1 Å². The van der Waals surface area contributed by atoms with Gasteiger partial charge in [-0.2, -0.15) is 13.2 Å². The number of pyridine rings is 1. The van der Waals surface area contributed by atoms with Crippen LogP contribution in [0.1, 0.15) is 18.1 Å². The summed E-state index contributed by atoms with van der Waals surface area (Å²) >= 11 is 0. The third-order valence-corrected chi connectivity index (χ3v) is 4.11. The molecule has 126 valence electrons. The van der Waals surface area contributed by atoms with Gasteiger partial charge in [-0.15, -0.1) is 0 Å². The van der Waals surface area contributed by atoms with E-state index in [2.05, 4.69) is 10.3 Å². The Morgan fingerprint density at radius 2 is 1.96 bits per heavy atom. The van der Waals surface area contributed by atoms with Crippen LogP contribution in [0.25, 0.3) is 5.57 Å². The van der Waals surface area contributed by atoms with Crippen molar-refractivity contribution in [1.82, 2.24) is 4.98 Å². The summed E-state index contributed by atoms with van der Waals surface area (Å²) in [4.78, 5) is 3.79. The predicted molar refractivity (Wildman–Crippen MR) is 84.8 cm³/mol. The molecule has 24 heavy (non-hydrogen) atoms. The summed E-state index contributed by atoms with van der Waals surface area (Å²) in [5, 5.41) is 2.47. The van der Waals surface area contributed by atoms with Gasteiger partial charge in [-0.1, -0.05) is 6.07 Å². The fourth-order valence-corrected chi connectivity index (χ4v) is 2.91. The van der Waals surface area contributed by atoms with Crippen LogP contribution in [0.2, 0.25) is 0 Å². The van der Waals surface area contributed by atoms with Crippen molar-refractivity contribution in [2.75, 3.05) is 11.1 Å². The second-order valence-electron chi connectivity index (χ2n) is 5.72. The zero-order chi connectivity index (χ0) is 17.5. The fraction of sp³-hybridized carbons (Fsp3) is 0.235. The molecule has 0 bridgehead atoms. The Hall–Kier alpha value is -2.57. The molecule has 2 aromatic rings. The van der Waals surface area contributed by atoms with Crippen molar-refractivity contribution in [3.63, 3.8) is 0 Å². The molecule has 0 saturated carbocycles. The number of allylic oxidation sites excluding steroid dienone is 1. The molecule has 3 rings (SSSR count).